The second-order valence-electron chi connectivity index (χ2n) is 6.31. The fourth-order valence-electron chi connectivity index (χ4n) is 2.51. The van der Waals surface area contributed by atoms with Crippen LogP contribution in [0.15, 0.2) is 0 Å². The minimum atomic E-state index is -0.330. The van der Waals surface area contributed by atoms with E-state index in [2.05, 4.69) is 5.32 Å². The molecule has 0 aromatic carbocycles. The Morgan fingerprint density at radius 2 is 1.94 bits per heavy atom. The summed E-state index contributed by atoms with van der Waals surface area (Å²) >= 11 is 0. The summed E-state index contributed by atoms with van der Waals surface area (Å²) in [7, 11) is 0. The normalized spacial score (nSPS) is 25.8. The predicted molar refractivity (Wildman–Crippen MR) is 73.1 cm³/mol. The summed E-state index contributed by atoms with van der Waals surface area (Å²) in [5.74, 6) is 1.91. The number of hydrogen-bond donors (Lipinski definition) is 2. The van der Waals surface area contributed by atoms with E-state index in [0.717, 1.165) is 38.5 Å². The zero-order valence-corrected chi connectivity index (χ0v) is 11.7. The molecule has 3 N–H and O–H groups in total. The Morgan fingerprint density at radius 3 is 2.56 bits per heavy atom. The number of likely N-dealkylation sites (tertiary alicyclic amines) is 1. The van der Waals surface area contributed by atoms with Gasteiger partial charge >= 0.3 is 0 Å². The molecular formula is C14H27N3O. The van der Waals surface area contributed by atoms with Crippen molar-refractivity contribution in [2.24, 2.45) is 23.5 Å². The van der Waals surface area contributed by atoms with E-state index in [1.807, 2.05) is 18.7 Å². The zero-order valence-electron chi connectivity index (χ0n) is 11.7. The van der Waals surface area contributed by atoms with Crippen molar-refractivity contribution in [2.45, 2.75) is 39.2 Å². The fourth-order valence-corrected chi connectivity index (χ4v) is 2.51. The molecule has 1 saturated carbocycles. The molecule has 4 nitrogen and oxygen atoms in total. The van der Waals surface area contributed by atoms with Crippen LogP contribution in [0.1, 0.15) is 33.1 Å². The highest BCUT2D eigenvalue weighted by atomic mass is 16.2. The maximum atomic E-state index is 12.1. The Bertz CT molecular complexity index is 289. The molecule has 2 fully saturated rings. The Labute approximate surface area is 110 Å². The van der Waals surface area contributed by atoms with E-state index in [1.54, 1.807) is 0 Å². The third-order valence-corrected chi connectivity index (χ3v) is 4.16. The first-order chi connectivity index (χ1) is 8.58. The lowest BCUT2D eigenvalue weighted by Crippen LogP contribution is -2.45. The third-order valence-electron chi connectivity index (χ3n) is 4.16. The quantitative estimate of drug-likeness (QED) is 0.737. The molecule has 2 atom stereocenters. The van der Waals surface area contributed by atoms with Gasteiger partial charge in [0.2, 0.25) is 5.91 Å². The Hall–Kier alpha value is -0.610. The molecule has 2 rings (SSSR count). The van der Waals surface area contributed by atoms with Gasteiger partial charge in [0.05, 0.1) is 6.04 Å². The van der Waals surface area contributed by atoms with Crippen LogP contribution in [0.5, 0.6) is 0 Å². The highest BCUT2D eigenvalue weighted by Crippen LogP contribution is 2.27. The smallest absolute Gasteiger partial charge is 0.239 e. The van der Waals surface area contributed by atoms with Crippen molar-refractivity contribution in [1.29, 1.82) is 0 Å². The Kier molecular flexibility index (Phi) is 4.62. The van der Waals surface area contributed by atoms with E-state index >= 15 is 0 Å². The molecule has 0 aromatic rings. The molecule has 1 aliphatic heterocycles. The molecule has 18 heavy (non-hydrogen) atoms. The molecule has 2 aliphatic rings. The molecule has 104 valence electrons. The van der Waals surface area contributed by atoms with Gasteiger partial charge in [-0.15, -0.1) is 0 Å². The van der Waals surface area contributed by atoms with Gasteiger partial charge in [0.1, 0.15) is 0 Å². The van der Waals surface area contributed by atoms with Crippen molar-refractivity contribution < 1.29 is 4.79 Å². The van der Waals surface area contributed by atoms with Gasteiger partial charge in [0, 0.05) is 13.1 Å². The average Bonchev–Trinajstić information content (AvgIpc) is 3.04. The third kappa shape index (κ3) is 3.69. The predicted octanol–water partition coefficient (Wildman–Crippen LogP) is 0.818. The van der Waals surface area contributed by atoms with E-state index in [1.165, 1.54) is 12.8 Å². The lowest BCUT2D eigenvalue weighted by molar-refractivity contribution is -0.132. The minimum Gasteiger partial charge on any atom is -0.341 e. The molecule has 1 amide bonds. The van der Waals surface area contributed by atoms with Crippen LogP contribution >= 0.6 is 0 Å². The lowest BCUT2D eigenvalue weighted by atomic mass is 10.0. The second kappa shape index (κ2) is 6.02. The number of hydrogen-bond acceptors (Lipinski definition) is 3. The van der Waals surface area contributed by atoms with E-state index in [0.29, 0.717) is 5.92 Å². The van der Waals surface area contributed by atoms with Crippen molar-refractivity contribution in [3.8, 4) is 0 Å². The van der Waals surface area contributed by atoms with Gasteiger partial charge in [0.25, 0.3) is 0 Å². The number of nitrogens with two attached hydrogens (primary N) is 1. The lowest BCUT2D eigenvalue weighted by Gasteiger charge is -2.23. The molecule has 1 heterocycles. The van der Waals surface area contributed by atoms with E-state index in [-0.39, 0.29) is 17.9 Å². The highest BCUT2D eigenvalue weighted by Gasteiger charge is 2.30. The van der Waals surface area contributed by atoms with Gasteiger partial charge in [-0.1, -0.05) is 13.8 Å². The van der Waals surface area contributed by atoms with Crippen LogP contribution in [-0.2, 0) is 4.79 Å². The van der Waals surface area contributed by atoms with Crippen LogP contribution in [0.2, 0.25) is 0 Å². The van der Waals surface area contributed by atoms with Crippen molar-refractivity contribution in [2.75, 3.05) is 26.2 Å². The van der Waals surface area contributed by atoms with E-state index < -0.39 is 0 Å². The monoisotopic (exact) mass is 253 g/mol. The molecule has 0 bridgehead atoms. The van der Waals surface area contributed by atoms with Crippen molar-refractivity contribution in [3.05, 3.63) is 0 Å². The number of nitrogens with zero attached hydrogens (tertiary/aromatic N) is 1. The van der Waals surface area contributed by atoms with Crippen molar-refractivity contribution in [1.82, 2.24) is 10.2 Å². The first kappa shape index (κ1) is 13.8. The second-order valence-corrected chi connectivity index (χ2v) is 6.31. The van der Waals surface area contributed by atoms with Crippen LogP contribution in [0, 0.1) is 17.8 Å². The molecule has 2 unspecified atom stereocenters. The van der Waals surface area contributed by atoms with E-state index in [9.17, 15) is 4.79 Å². The van der Waals surface area contributed by atoms with Crippen LogP contribution in [0.4, 0.5) is 0 Å². The molecular weight excluding hydrogens is 226 g/mol. The summed E-state index contributed by atoms with van der Waals surface area (Å²) in [4.78, 5) is 14.1. The van der Waals surface area contributed by atoms with Gasteiger partial charge in [0.15, 0.2) is 0 Å². The number of carbonyl (C=O) groups excluding carboxylic acids is 1. The maximum absolute atomic E-state index is 12.1. The summed E-state index contributed by atoms with van der Waals surface area (Å²) in [6.07, 6.45) is 3.91. The summed E-state index contributed by atoms with van der Waals surface area (Å²) in [6.45, 7) is 8.00. The summed E-state index contributed by atoms with van der Waals surface area (Å²) in [5, 5.41) is 3.53. The molecule has 4 heteroatoms. The van der Waals surface area contributed by atoms with Gasteiger partial charge in [-0.05, 0) is 50.1 Å². The number of amides is 1. The van der Waals surface area contributed by atoms with Gasteiger partial charge in [-0.2, -0.15) is 0 Å². The Morgan fingerprint density at radius 1 is 1.28 bits per heavy atom. The SMILES string of the molecule is CC(C)C(N)C(=O)N1CCC(CNCC2CC2)C1. The van der Waals surface area contributed by atoms with Crippen LogP contribution < -0.4 is 11.1 Å². The number of rotatable bonds is 6. The first-order valence-electron chi connectivity index (χ1n) is 7.33. The fraction of sp³-hybridized carbons (Fsp3) is 0.929. The van der Waals surface area contributed by atoms with Crippen LogP contribution in [-0.4, -0.2) is 43.0 Å². The van der Waals surface area contributed by atoms with Gasteiger partial charge < -0.3 is 16.0 Å². The first-order valence-corrected chi connectivity index (χ1v) is 7.33. The molecule has 0 spiro atoms. The zero-order chi connectivity index (χ0) is 13.1. The average molecular weight is 253 g/mol. The molecule has 0 radical (unpaired) electrons. The minimum absolute atomic E-state index is 0.134. The summed E-state index contributed by atoms with van der Waals surface area (Å²) < 4.78 is 0. The summed E-state index contributed by atoms with van der Waals surface area (Å²) in [6, 6.07) is -0.330. The standard InChI is InChI=1S/C14H27N3O/c1-10(2)13(15)14(18)17-6-5-12(9-17)8-16-7-11-3-4-11/h10-13,16H,3-9,15H2,1-2H3. The van der Waals surface area contributed by atoms with Crippen LogP contribution in [0.3, 0.4) is 0 Å². The summed E-state index contributed by atoms with van der Waals surface area (Å²) in [5.41, 5.74) is 5.93. The molecule has 1 saturated heterocycles. The number of nitrogens with one attached hydrogen (secondary N) is 1. The van der Waals surface area contributed by atoms with Crippen molar-refractivity contribution >= 4 is 5.91 Å². The van der Waals surface area contributed by atoms with Crippen molar-refractivity contribution in [3.63, 3.8) is 0 Å². The van der Waals surface area contributed by atoms with Gasteiger partial charge in [-0.25, -0.2) is 0 Å². The Balaban J connectivity index is 1.68. The molecule has 1 aliphatic carbocycles. The maximum Gasteiger partial charge on any atom is 0.239 e. The topological polar surface area (TPSA) is 58.4 Å². The van der Waals surface area contributed by atoms with Gasteiger partial charge in [-0.3, -0.25) is 4.79 Å². The largest absolute Gasteiger partial charge is 0.341 e. The van der Waals surface area contributed by atoms with E-state index in [4.69, 9.17) is 5.73 Å². The van der Waals surface area contributed by atoms with Crippen LogP contribution in [0.25, 0.3) is 0 Å². The number of carbonyl (C=O) groups is 1. The highest BCUT2D eigenvalue weighted by molar-refractivity contribution is 5.82. The molecule has 0 aromatic heterocycles.